The van der Waals surface area contributed by atoms with E-state index >= 15 is 0 Å². The van der Waals surface area contributed by atoms with Gasteiger partial charge in [0.1, 0.15) is 33.0 Å². The molecule has 0 spiro atoms. The summed E-state index contributed by atoms with van der Waals surface area (Å²) in [4.78, 5) is 9.78. The van der Waals surface area contributed by atoms with Crippen molar-refractivity contribution in [3.63, 3.8) is 0 Å². The first-order valence-electron chi connectivity index (χ1n) is 24.2. The molecule has 0 bridgehead atoms. The third-order valence-electron chi connectivity index (χ3n) is 11.8. The van der Waals surface area contributed by atoms with Gasteiger partial charge in [-0.25, -0.2) is 9.97 Å². The summed E-state index contributed by atoms with van der Waals surface area (Å²) in [5, 5.41) is 23.4. The predicted octanol–water partition coefficient (Wildman–Crippen LogP) is 17.4. The molecule has 3 aromatic carbocycles. The van der Waals surface area contributed by atoms with Crippen LogP contribution in [-0.4, -0.2) is 33.4 Å². The molecule has 0 aliphatic carbocycles. The summed E-state index contributed by atoms with van der Waals surface area (Å²) in [7, 11) is 0. The maximum atomic E-state index is 10.9. The van der Waals surface area contributed by atoms with E-state index < -0.39 is 0 Å². The molecule has 0 radical (unpaired) electrons. The fraction of sp³-hybridized carbons (Fsp3) is 0.615. The van der Waals surface area contributed by atoms with Gasteiger partial charge in [0.05, 0.1) is 44.8 Å². The highest BCUT2D eigenvalue weighted by atomic mass is 32.1. The topological polar surface area (TPSA) is 84.7 Å². The Hall–Kier alpha value is -3.36. The average Bonchev–Trinajstić information content (AvgIpc) is 3.85. The highest BCUT2D eigenvalue weighted by molar-refractivity contribution is 7.23. The maximum absolute atomic E-state index is 10.9. The van der Waals surface area contributed by atoms with Crippen LogP contribution in [0.2, 0.25) is 0 Å². The van der Waals surface area contributed by atoms with E-state index in [-0.39, 0.29) is 11.5 Å². The second kappa shape index (κ2) is 28.3. The number of hydrogen-bond donors (Lipinski definition) is 2. The molecule has 330 valence electrons. The summed E-state index contributed by atoms with van der Waals surface area (Å²) in [5.41, 5.74) is 3.14. The molecular weight excluding hydrogens is 781 g/mol. The van der Waals surface area contributed by atoms with Crippen LogP contribution in [0.5, 0.6) is 23.0 Å². The van der Waals surface area contributed by atoms with Gasteiger partial charge in [0.25, 0.3) is 0 Å². The van der Waals surface area contributed by atoms with Crippen molar-refractivity contribution < 1.29 is 19.7 Å². The van der Waals surface area contributed by atoms with Gasteiger partial charge in [-0.05, 0) is 49.2 Å². The highest BCUT2D eigenvalue weighted by Gasteiger charge is 2.16. The Morgan fingerprint density at radius 1 is 0.400 bits per heavy atom. The van der Waals surface area contributed by atoms with Crippen molar-refractivity contribution in [2.75, 3.05) is 13.2 Å². The van der Waals surface area contributed by atoms with Gasteiger partial charge in [-0.1, -0.05) is 181 Å². The molecule has 2 aromatic heterocycles. The predicted molar refractivity (Wildman–Crippen MR) is 259 cm³/mol. The van der Waals surface area contributed by atoms with Crippen LogP contribution in [0.25, 0.3) is 41.6 Å². The van der Waals surface area contributed by atoms with Gasteiger partial charge in [-0.3, -0.25) is 0 Å². The van der Waals surface area contributed by atoms with Gasteiger partial charge in [0.15, 0.2) is 0 Å². The Bertz CT molecular complexity index is 1730. The number of aromatic nitrogens is 2. The first-order valence-corrected chi connectivity index (χ1v) is 25.8. The molecular formula is C52H76N2O4S2. The van der Waals surface area contributed by atoms with Crippen LogP contribution in [0.1, 0.15) is 194 Å². The number of phenols is 2. The van der Waals surface area contributed by atoms with Gasteiger partial charge in [0.2, 0.25) is 0 Å². The molecule has 0 aliphatic rings. The highest BCUT2D eigenvalue weighted by Crippen LogP contribution is 2.41. The second-order valence-corrected chi connectivity index (χ2v) is 19.1. The zero-order valence-corrected chi connectivity index (χ0v) is 38.9. The van der Waals surface area contributed by atoms with Crippen molar-refractivity contribution in [1.82, 2.24) is 9.97 Å². The third-order valence-corrected chi connectivity index (χ3v) is 13.9. The average molecular weight is 857 g/mol. The van der Waals surface area contributed by atoms with Gasteiger partial charge >= 0.3 is 0 Å². The molecule has 0 saturated heterocycles. The lowest BCUT2D eigenvalue weighted by Crippen LogP contribution is -1.97. The molecule has 2 N–H and O–H groups in total. The zero-order valence-electron chi connectivity index (χ0n) is 37.3. The van der Waals surface area contributed by atoms with E-state index in [1.54, 1.807) is 34.8 Å². The largest absolute Gasteiger partial charge is 0.507 e. The molecule has 0 saturated carbocycles. The Balaban J connectivity index is 0.977. The first-order chi connectivity index (χ1) is 29.6. The molecule has 8 heteroatoms. The summed E-state index contributed by atoms with van der Waals surface area (Å²) >= 11 is 3.08. The van der Waals surface area contributed by atoms with Crippen molar-refractivity contribution in [3.8, 4) is 44.1 Å². The van der Waals surface area contributed by atoms with Crippen LogP contribution >= 0.6 is 22.7 Å². The van der Waals surface area contributed by atoms with Crippen molar-refractivity contribution in [2.45, 2.75) is 194 Å². The maximum Gasteiger partial charge on any atom is 0.129 e. The van der Waals surface area contributed by atoms with Crippen molar-refractivity contribution in [2.24, 2.45) is 0 Å². The Morgan fingerprint density at radius 2 is 0.700 bits per heavy atom. The Labute approximate surface area is 370 Å². The molecule has 5 rings (SSSR count). The number of benzene rings is 3. The Kier molecular flexibility index (Phi) is 22.5. The quantitative estimate of drug-likeness (QED) is 0.0401. The van der Waals surface area contributed by atoms with Gasteiger partial charge in [-0.2, -0.15) is 0 Å². The van der Waals surface area contributed by atoms with E-state index in [1.807, 2.05) is 24.3 Å². The SMILES string of the molecule is CCCCCCCCCCCCCCCCOc1ccc(-c2nc3cc4sc(-c5ccc(OCCCCCCCCCCCCCCCC)cc5O)nc4cc3s2)c(O)c1. The summed E-state index contributed by atoms with van der Waals surface area (Å²) in [5.74, 6) is 1.74. The van der Waals surface area contributed by atoms with Crippen LogP contribution in [-0.2, 0) is 0 Å². The van der Waals surface area contributed by atoms with Crippen molar-refractivity contribution in [3.05, 3.63) is 48.5 Å². The van der Waals surface area contributed by atoms with Crippen molar-refractivity contribution in [1.29, 1.82) is 0 Å². The minimum Gasteiger partial charge on any atom is -0.507 e. The van der Waals surface area contributed by atoms with E-state index in [2.05, 4.69) is 26.0 Å². The number of phenolic OH excluding ortho intramolecular Hbond substituents is 2. The van der Waals surface area contributed by atoms with Gasteiger partial charge in [-0.15, -0.1) is 22.7 Å². The molecule has 6 nitrogen and oxygen atoms in total. The van der Waals surface area contributed by atoms with Gasteiger partial charge < -0.3 is 19.7 Å². The molecule has 0 amide bonds. The molecule has 2 heterocycles. The first kappa shape index (κ1) is 47.7. The van der Waals surface area contributed by atoms with E-state index in [9.17, 15) is 10.2 Å². The normalized spacial score (nSPS) is 11.6. The van der Waals surface area contributed by atoms with Crippen molar-refractivity contribution >= 4 is 43.1 Å². The summed E-state index contributed by atoms with van der Waals surface area (Å²) < 4.78 is 14.0. The molecule has 5 aromatic rings. The van der Waals surface area contributed by atoms with Crippen LogP contribution in [0.4, 0.5) is 0 Å². The molecule has 0 fully saturated rings. The van der Waals surface area contributed by atoms with Crippen LogP contribution in [0, 0.1) is 0 Å². The molecule has 0 unspecified atom stereocenters. The van der Waals surface area contributed by atoms with Crippen LogP contribution in [0.3, 0.4) is 0 Å². The fourth-order valence-electron chi connectivity index (χ4n) is 8.12. The molecule has 60 heavy (non-hydrogen) atoms. The van der Waals surface area contributed by atoms with Crippen LogP contribution in [0.15, 0.2) is 48.5 Å². The van der Waals surface area contributed by atoms with E-state index in [1.165, 1.54) is 167 Å². The lowest BCUT2D eigenvalue weighted by atomic mass is 10.0. The second-order valence-electron chi connectivity index (χ2n) is 17.1. The summed E-state index contributed by atoms with van der Waals surface area (Å²) in [6.45, 7) is 5.89. The molecule has 0 aliphatic heterocycles. The molecule has 0 atom stereocenters. The number of aromatic hydroxyl groups is 2. The van der Waals surface area contributed by atoms with Gasteiger partial charge in [0, 0.05) is 12.1 Å². The standard InChI is InChI=1S/C52H76N2O4S2/c1-3-5-7-9-11-13-15-17-19-21-23-25-27-29-35-57-41-31-33-43(47(55)37-41)51-53-45-39-50-46(40-49(45)59-51)54-52(60-50)44-34-32-42(38-48(44)56)58-36-30-28-26-24-22-20-18-16-14-12-10-8-6-4-2/h31-34,37-40,55-56H,3-30,35-36H2,1-2H3. The minimum absolute atomic E-state index is 0.178. The van der Waals surface area contributed by atoms with E-state index in [4.69, 9.17) is 19.4 Å². The Morgan fingerprint density at radius 3 is 1.00 bits per heavy atom. The third kappa shape index (κ3) is 16.8. The minimum atomic E-state index is 0.178. The number of fused-ring (bicyclic) bond motifs is 2. The lowest BCUT2D eigenvalue weighted by Gasteiger charge is -2.08. The number of ether oxygens (including phenoxy) is 2. The number of rotatable bonds is 34. The number of hydrogen-bond acceptors (Lipinski definition) is 8. The zero-order chi connectivity index (χ0) is 42.0. The summed E-state index contributed by atoms with van der Waals surface area (Å²) in [6, 6.07) is 15.2. The number of unbranched alkanes of at least 4 members (excludes halogenated alkanes) is 26. The monoisotopic (exact) mass is 857 g/mol. The van der Waals surface area contributed by atoms with E-state index in [0.717, 1.165) is 43.3 Å². The summed E-state index contributed by atoms with van der Waals surface area (Å²) in [6.07, 6.45) is 37.4. The smallest absolute Gasteiger partial charge is 0.129 e. The number of nitrogens with zero attached hydrogens (tertiary/aromatic N) is 2. The lowest BCUT2D eigenvalue weighted by molar-refractivity contribution is 0.302. The van der Waals surface area contributed by atoms with E-state index in [0.29, 0.717) is 35.8 Å². The van der Waals surface area contributed by atoms with Crippen LogP contribution < -0.4 is 9.47 Å². The fourth-order valence-corrected chi connectivity index (χ4v) is 10.1. The number of thiazole rings is 2.